The molecule has 0 spiro atoms. The van der Waals surface area contributed by atoms with E-state index in [-0.39, 0.29) is 11.6 Å². The second kappa shape index (κ2) is 3.12. The number of furan rings is 1. The molecule has 3 N–H and O–H groups in total. The Morgan fingerprint density at radius 3 is 2.93 bits per heavy atom. The van der Waals surface area contributed by atoms with Crippen LogP contribution in [0.5, 0.6) is 0 Å². The van der Waals surface area contributed by atoms with Crippen LogP contribution in [0, 0.1) is 5.82 Å². The molecule has 5 heteroatoms. The summed E-state index contributed by atoms with van der Waals surface area (Å²) in [6.07, 6.45) is 0. The Bertz CT molecular complexity index is 493. The molecular weight excluding hydrogens is 187 g/mol. The number of hydrogen-bond donors (Lipinski definition) is 2. The number of hydrogen-bond acceptors (Lipinski definition) is 3. The number of amides is 1. The van der Waals surface area contributed by atoms with Gasteiger partial charge in [-0.15, -0.1) is 0 Å². The Kier molecular flexibility index (Phi) is 1.94. The topological polar surface area (TPSA) is 68.3 Å². The Labute approximate surface area is 78.5 Å². The number of halogens is 1. The average Bonchev–Trinajstić information content (AvgIpc) is 2.59. The molecule has 0 unspecified atom stereocenters. The smallest absolute Gasteiger partial charge is 0.300 e. The molecule has 0 atom stereocenters. The SMILES string of the molecule is NNC(=O)c1cc2cc(F)ccc2o1. The highest BCUT2D eigenvalue weighted by molar-refractivity contribution is 5.95. The van der Waals surface area contributed by atoms with E-state index in [4.69, 9.17) is 10.3 Å². The molecule has 0 aliphatic heterocycles. The van der Waals surface area contributed by atoms with Crippen LogP contribution in [-0.4, -0.2) is 5.91 Å². The summed E-state index contributed by atoms with van der Waals surface area (Å²) in [5.74, 6) is 4.07. The normalized spacial score (nSPS) is 10.4. The molecule has 0 aliphatic rings. The lowest BCUT2D eigenvalue weighted by atomic mass is 10.2. The number of nitrogen functional groups attached to an aromatic ring is 1. The molecule has 0 bridgehead atoms. The number of nitrogens with two attached hydrogens (primary N) is 1. The largest absolute Gasteiger partial charge is 0.451 e. The third-order valence-corrected chi connectivity index (χ3v) is 1.83. The number of benzene rings is 1. The number of rotatable bonds is 1. The van der Waals surface area contributed by atoms with E-state index in [0.717, 1.165) is 0 Å². The van der Waals surface area contributed by atoms with Crippen molar-refractivity contribution in [2.24, 2.45) is 5.84 Å². The lowest BCUT2D eigenvalue weighted by molar-refractivity contribution is 0.0928. The fraction of sp³-hybridized carbons (Fsp3) is 0. The van der Waals surface area contributed by atoms with E-state index in [1.807, 2.05) is 5.43 Å². The van der Waals surface area contributed by atoms with Crippen molar-refractivity contribution in [3.63, 3.8) is 0 Å². The van der Waals surface area contributed by atoms with Crippen molar-refractivity contribution < 1.29 is 13.6 Å². The van der Waals surface area contributed by atoms with Gasteiger partial charge in [-0.05, 0) is 24.3 Å². The van der Waals surface area contributed by atoms with E-state index in [9.17, 15) is 9.18 Å². The number of carbonyl (C=O) groups is 1. The summed E-state index contributed by atoms with van der Waals surface area (Å²) in [6, 6.07) is 5.43. The number of hydrazine groups is 1. The van der Waals surface area contributed by atoms with Crippen molar-refractivity contribution in [2.45, 2.75) is 0 Å². The zero-order chi connectivity index (χ0) is 10.1. The van der Waals surface area contributed by atoms with Gasteiger partial charge in [0, 0.05) is 5.39 Å². The van der Waals surface area contributed by atoms with Gasteiger partial charge < -0.3 is 4.42 Å². The molecule has 0 fully saturated rings. The van der Waals surface area contributed by atoms with Crippen molar-refractivity contribution in [3.8, 4) is 0 Å². The van der Waals surface area contributed by atoms with Gasteiger partial charge in [-0.2, -0.15) is 0 Å². The molecule has 4 nitrogen and oxygen atoms in total. The summed E-state index contributed by atoms with van der Waals surface area (Å²) >= 11 is 0. The minimum absolute atomic E-state index is 0.0631. The minimum Gasteiger partial charge on any atom is -0.451 e. The zero-order valence-corrected chi connectivity index (χ0v) is 7.08. The van der Waals surface area contributed by atoms with E-state index in [0.29, 0.717) is 11.0 Å². The first-order valence-electron chi connectivity index (χ1n) is 3.91. The second-order valence-electron chi connectivity index (χ2n) is 2.77. The molecule has 1 aromatic heterocycles. The molecule has 72 valence electrons. The minimum atomic E-state index is -0.540. The molecule has 2 rings (SSSR count). The van der Waals surface area contributed by atoms with Crippen molar-refractivity contribution >= 4 is 16.9 Å². The third kappa shape index (κ3) is 1.33. The van der Waals surface area contributed by atoms with Crippen LogP contribution < -0.4 is 11.3 Å². The lowest BCUT2D eigenvalue weighted by Gasteiger charge is -1.90. The maximum atomic E-state index is 12.8. The maximum absolute atomic E-state index is 12.8. The monoisotopic (exact) mass is 194 g/mol. The van der Waals surface area contributed by atoms with Crippen molar-refractivity contribution in [1.29, 1.82) is 0 Å². The highest BCUT2D eigenvalue weighted by Crippen LogP contribution is 2.19. The summed E-state index contributed by atoms with van der Waals surface area (Å²) in [4.78, 5) is 11.0. The highest BCUT2D eigenvalue weighted by Gasteiger charge is 2.10. The van der Waals surface area contributed by atoms with Crippen LogP contribution in [0.1, 0.15) is 10.6 Å². The van der Waals surface area contributed by atoms with Crippen molar-refractivity contribution in [1.82, 2.24) is 5.43 Å². The fourth-order valence-electron chi connectivity index (χ4n) is 1.20. The van der Waals surface area contributed by atoms with Gasteiger partial charge in [0.1, 0.15) is 11.4 Å². The summed E-state index contributed by atoms with van der Waals surface area (Å²) < 4.78 is 17.9. The Morgan fingerprint density at radius 1 is 1.43 bits per heavy atom. The second-order valence-corrected chi connectivity index (χ2v) is 2.77. The molecule has 0 saturated carbocycles. The maximum Gasteiger partial charge on any atom is 0.300 e. The van der Waals surface area contributed by atoms with Crippen LogP contribution in [0.3, 0.4) is 0 Å². The molecule has 2 aromatic rings. The number of fused-ring (bicyclic) bond motifs is 1. The third-order valence-electron chi connectivity index (χ3n) is 1.83. The quantitative estimate of drug-likeness (QED) is 0.407. The van der Waals surface area contributed by atoms with Gasteiger partial charge in [0.15, 0.2) is 5.76 Å². The first-order chi connectivity index (χ1) is 6.70. The molecule has 0 aliphatic carbocycles. The number of nitrogens with one attached hydrogen (secondary N) is 1. The Hall–Kier alpha value is -1.88. The van der Waals surface area contributed by atoms with Crippen LogP contribution in [0.15, 0.2) is 28.7 Å². The predicted octanol–water partition coefficient (Wildman–Crippen LogP) is 1.18. The van der Waals surface area contributed by atoms with E-state index in [1.54, 1.807) is 0 Å². The summed E-state index contributed by atoms with van der Waals surface area (Å²) in [7, 11) is 0. The van der Waals surface area contributed by atoms with E-state index >= 15 is 0 Å². The molecule has 14 heavy (non-hydrogen) atoms. The van der Waals surface area contributed by atoms with Crippen LogP contribution in [-0.2, 0) is 0 Å². The highest BCUT2D eigenvalue weighted by atomic mass is 19.1. The summed E-state index contributed by atoms with van der Waals surface area (Å²) in [6.45, 7) is 0. The van der Waals surface area contributed by atoms with Crippen LogP contribution >= 0.6 is 0 Å². The van der Waals surface area contributed by atoms with Gasteiger partial charge >= 0.3 is 5.91 Å². The molecule has 0 radical (unpaired) electrons. The van der Waals surface area contributed by atoms with Gasteiger partial charge in [-0.1, -0.05) is 0 Å². The molecule has 0 saturated heterocycles. The molecule has 1 heterocycles. The van der Waals surface area contributed by atoms with Crippen molar-refractivity contribution in [3.05, 3.63) is 35.8 Å². The number of carbonyl (C=O) groups excluding carboxylic acids is 1. The Balaban J connectivity index is 2.56. The first-order valence-corrected chi connectivity index (χ1v) is 3.91. The van der Waals surface area contributed by atoms with E-state index in [2.05, 4.69) is 0 Å². The lowest BCUT2D eigenvalue weighted by Crippen LogP contribution is -2.29. The average molecular weight is 194 g/mol. The van der Waals surface area contributed by atoms with E-state index < -0.39 is 5.91 Å². The van der Waals surface area contributed by atoms with E-state index in [1.165, 1.54) is 24.3 Å². The molecule has 1 amide bonds. The standard InChI is InChI=1S/C9H7FN2O2/c10-6-1-2-7-5(3-6)4-8(14-7)9(13)12-11/h1-4H,11H2,(H,12,13). The molecular formula is C9H7FN2O2. The summed E-state index contributed by atoms with van der Waals surface area (Å²) in [5.41, 5.74) is 2.38. The first kappa shape index (κ1) is 8.71. The summed E-state index contributed by atoms with van der Waals surface area (Å²) in [5, 5.41) is 0.531. The van der Waals surface area contributed by atoms with Crippen LogP contribution in [0.25, 0.3) is 11.0 Å². The van der Waals surface area contributed by atoms with Gasteiger partial charge in [-0.25, -0.2) is 10.2 Å². The van der Waals surface area contributed by atoms with Crippen molar-refractivity contribution in [2.75, 3.05) is 0 Å². The van der Waals surface area contributed by atoms with Gasteiger partial charge in [-0.3, -0.25) is 10.2 Å². The Morgan fingerprint density at radius 2 is 2.21 bits per heavy atom. The fourth-order valence-corrected chi connectivity index (χ4v) is 1.20. The van der Waals surface area contributed by atoms with Gasteiger partial charge in [0.05, 0.1) is 0 Å². The van der Waals surface area contributed by atoms with Crippen LogP contribution in [0.4, 0.5) is 4.39 Å². The van der Waals surface area contributed by atoms with Crippen LogP contribution in [0.2, 0.25) is 0 Å². The van der Waals surface area contributed by atoms with Gasteiger partial charge in [0.2, 0.25) is 0 Å². The zero-order valence-electron chi connectivity index (χ0n) is 7.08. The molecule has 1 aromatic carbocycles. The van der Waals surface area contributed by atoms with Gasteiger partial charge in [0.25, 0.3) is 0 Å². The predicted molar refractivity (Wildman–Crippen MR) is 47.8 cm³/mol.